The molecule has 0 saturated carbocycles. The Hall–Kier alpha value is -3.13. The number of carbonyl (C=O) groups excluding carboxylic acids is 1. The summed E-state index contributed by atoms with van der Waals surface area (Å²) in [5.74, 6) is -0.398. The van der Waals surface area contributed by atoms with Gasteiger partial charge in [0.05, 0.1) is 5.56 Å². The largest absolute Gasteiger partial charge is 0.317 e. The quantitative estimate of drug-likeness (QED) is 0.707. The Morgan fingerprint density at radius 3 is 2.48 bits per heavy atom. The van der Waals surface area contributed by atoms with Gasteiger partial charge >= 0.3 is 0 Å². The molecule has 0 aliphatic carbocycles. The van der Waals surface area contributed by atoms with Gasteiger partial charge in [0, 0.05) is 13.0 Å². The Bertz CT molecular complexity index is 1030. The molecule has 0 spiro atoms. The molecule has 3 aromatic rings. The van der Waals surface area contributed by atoms with Crippen LogP contribution in [0.3, 0.4) is 0 Å². The Morgan fingerprint density at radius 1 is 1.10 bits per heavy atom. The number of nitrogens with one attached hydrogen (secondary N) is 2. The predicted octanol–water partition coefficient (Wildman–Crippen LogP) is 3.48. The number of anilines is 1. The first kappa shape index (κ1) is 19.2. The predicted molar refractivity (Wildman–Crippen MR) is 106 cm³/mol. The van der Waals surface area contributed by atoms with Crippen LogP contribution in [0.4, 0.5) is 14.7 Å². The highest BCUT2D eigenvalue weighted by atomic mass is 19.1. The van der Waals surface area contributed by atoms with Crippen LogP contribution in [0.1, 0.15) is 34.9 Å². The lowest BCUT2D eigenvalue weighted by atomic mass is 9.98. The Balaban J connectivity index is 1.51. The normalized spacial score (nSPS) is 14.7. The summed E-state index contributed by atoms with van der Waals surface area (Å²) in [6.07, 6.45) is 1.88. The summed E-state index contributed by atoms with van der Waals surface area (Å²) in [6.45, 7) is 1.83. The average Bonchev–Trinajstić information content (AvgIpc) is 3.09. The summed E-state index contributed by atoms with van der Waals surface area (Å²) in [5.41, 5.74) is 1.13. The minimum atomic E-state index is -0.662. The number of rotatable bonds is 4. The third kappa shape index (κ3) is 4.17. The van der Waals surface area contributed by atoms with Gasteiger partial charge in [-0.25, -0.2) is 13.5 Å². The first-order valence-electron chi connectivity index (χ1n) is 9.50. The van der Waals surface area contributed by atoms with E-state index in [0.29, 0.717) is 17.0 Å². The van der Waals surface area contributed by atoms with Gasteiger partial charge in [0.25, 0.3) is 5.91 Å². The smallest absolute Gasteiger partial charge is 0.260 e. The summed E-state index contributed by atoms with van der Waals surface area (Å²) in [4.78, 5) is 17.0. The molecule has 0 radical (unpaired) electrons. The molecule has 29 heavy (non-hydrogen) atoms. The highest BCUT2D eigenvalue weighted by Crippen LogP contribution is 2.25. The maximum absolute atomic E-state index is 14.6. The summed E-state index contributed by atoms with van der Waals surface area (Å²) in [7, 11) is 1.70. The molecule has 2 aromatic carbocycles. The van der Waals surface area contributed by atoms with Crippen LogP contribution in [-0.4, -0.2) is 33.8 Å². The van der Waals surface area contributed by atoms with Gasteiger partial charge in [0.1, 0.15) is 11.6 Å². The van der Waals surface area contributed by atoms with Crippen molar-refractivity contribution in [2.24, 2.45) is 7.05 Å². The van der Waals surface area contributed by atoms with E-state index in [1.807, 2.05) is 0 Å². The van der Waals surface area contributed by atoms with Crippen molar-refractivity contribution in [1.82, 2.24) is 20.1 Å². The zero-order chi connectivity index (χ0) is 20.4. The molecular weight excluding hydrogens is 376 g/mol. The lowest BCUT2D eigenvalue weighted by molar-refractivity contribution is 0.102. The molecule has 2 heterocycles. The third-order valence-corrected chi connectivity index (χ3v) is 5.10. The molecule has 4 rings (SSSR count). The van der Waals surface area contributed by atoms with E-state index < -0.39 is 11.7 Å². The standard InChI is InChI=1S/C21H21F2N5O/c1-28-21(25-19(27-28)14-8-10-24-11-9-14)26-20(29)17-7-4-15(12-18(17)23)13-2-5-16(22)6-3-13/h2-7,12,14,24H,8-11H2,1H3,(H,25,26,27,29). The maximum atomic E-state index is 14.6. The summed E-state index contributed by atoms with van der Waals surface area (Å²) >= 11 is 0. The third-order valence-electron chi connectivity index (χ3n) is 5.10. The fraction of sp³-hybridized carbons (Fsp3) is 0.286. The number of hydrogen-bond donors (Lipinski definition) is 2. The van der Waals surface area contributed by atoms with Crippen LogP contribution in [0.2, 0.25) is 0 Å². The molecule has 8 heteroatoms. The Morgan fingerprint density at radius 2 is 1.79 bits per heavy atom. The van der Waals surface area contributed by atoms with Gasteiger partial charge in [-0.2, -0.15) is 10.1 Å². The second kappa shape index (κ2) is 8.08. The molecular formula is C21H21F2N5O. The van der Waals surface area contributed by atoms with Crippen molar-refractivity contribution < 1.29 is 13.6 Å². The van der Waals surface area contributed by atoms with E-state index in [9.17, 15) is 13.6 Å². The van der Waals surface area contributed by atoms with Crippen molar-refractivity contribution in [3.63, 3.8) is 0 Å². The van der Waals surface area contributed by atoms with Crippen molar-refractivity contribution in [2.45, 2.75) is 18.8 Å². The van der Waals surface area contributed by atoms with E-state index in [-0.39, 0.29) is 23.2 Å². The topological polar surface area (TPSA) is 71.8 Å². The van der Waals surface area contributed by atoms with Gasteiger partial charge in [0.2, 0.25) is 5.95 Å². The van der Waals surface area contributed by atoms with Crippen LogP contribution in [-0.2, 0) is 7.05 Å². The monoisotopic (exact) mass is 397 g/mol. The van der Waals surface area contributed by atoms with Gasteiger partial charge in [0.15, 0.2) is 5.82 Å². The van der Waals surface area contributed by atoms with Crippen LogP contribution < -0.4 is 10.6 Å². The lowest BCUT2D eigenvalue weighted by Gasteiger charge is -2.19. The molecule has 1 amide bonds. The van der Waals surface area contributed by atoms with Gasteiger partial charge in [-0.1, -0.05) is 18.2 Å². The van der Waals surface area contributed by atoms with E-state index in [1.165, 1.54) is 28.9 Å². The SMILES string of the molecule is Cn1nc(C2CCNCC2)nc1NC(=O)c1ccc(-c2ccc(F)cc2)cc1F. The van der Waals surface area contributed by atoms with Crippen molar-refractivity contribution in [3.8, 4) is 11.1 Å². The van der Waals surface area contributed by atoms with E-state index >= 15 is 0 Å². The minimum Gasteiger partial charge on any atom is -0.317 e. The van der Waals surface area contributed by atoms with Crippen molar-refractivity contribution in [1.29, 1.82) is 0 Å². The van der Waals surface area contributed by atoms with E-state index in [0.717, 1.165) is 25.9 Å². The maximum Gasteiger partial charge on any atom is 0.260 e. The number of nitrogens with zero attached hydrogens (tertiary/aromatic N) is 3. The molecule has 1 fully saturated rings. The van der Waals surface area contributed by atoms with Crippen LogP contribution in [0.15, 0.2) is 42.5 Å². The number of aromatic nitrogens is 3. The Labute approximate surface area is 167 Å². The number of benzene rings is 2. The molecule has 150 valence electrons. The molecule has 6 nitrogen and oxygen atoms in total. The molecule has 0 unspecified atom stereocenters. The van der Waals surface area contributed by atoms with Gasteiger partial charge in [-0.3, -0.25) is 10.1 Å². The molecule has 1 aliphatic heterocycles. The van der Waals surface area contributed by atoms with Crippen molar-refractivity contribution >= 4 is 11.9 Å². The zero-order valence-corrected chi connectivity index (χ0v) is 16.0. The van der Waals surface area contributed by atoms with Gasteiger partial charge in [-0.15, -0.1) is 0 Å². The van der Waals surface area contributed by atoms with Gasteiger partial charge < -0.3 is 5.32 Å². The van der Waals surface area contributed by atoms with E-state index in [2.05, 4.69) is 20.7 Å². The summed E-state index contributed by atoms with van der Waals surface area (Å²) < 4.78 is 29.1. The second-order valence-electron chi connectivity index (χ2n) is 7.10. The Kier molecular flexibility index (Phi) is 5.35. The number of amides is 1. The van der Waals surface area contributed by atoms with Crippen molar-refractivity contribution in [2.75, 3.05) is 18.4 Å². The highest BCUT2D eigenvalue weighted by molar-refractivity contribution is 6.03. The van der Waals surface area contributed by atoms with Crippen LogP contribution in [0, 0.1) is 11.6 Å². The molecule has 0 atom stereocenters. The lowest BCUT2D eigenvalue weighted by Crippen LogP contribution is -2.27. The van der Waals surface area contributed by atoms with Crippen LogP contribution in [0.5, 0.6) is 0 Å². The average molecular weight is 397 g/mol. The first-order valence-corrected chi connectivity index (χ1v) is 9.50. The molecule has 0 bridgehead atoms. The van der Waals surface area contributed by atoms with E-state index in [4.69, 9.17) is 0 Å². The van der Waals surface area contributed by atoms with Crippen LogP contribution in [0.25, 0.3) is 11.1 Å². The number of piperidine rings is 1. The number of hydrogen-bond acceptors (Lipinski definition) is 4. The highest BCUT2D eigenvalue weighted by Gasteiger charge is 2.22. The zero-order valence-electron chi connectivity index (χ0n) is 16.0. The van der Waals surface area contributed by atoms with Gasteiger partial charge in [-0.05, 0) is 61.3 Å². The summed E-state index contributed by atoms with van der Waals surface area (Å²) in [5, 5.41) is 10.3. The fourth-order valence-corrected chi connectivity index (χ4v) is 3.46. The first-order chi connectivity index (χ1) is 14.0. The molecule has 1 aliphatic rings. The van der Waals surface area contributed by atoms with E-state index in [1.54, 1.807) is 25.2 Å². The molecule has 1 aromatic heterocycles. The second-order valence-corrected chi connectivity index (χ2v) is 7.10. The number of carbonyl (C=O) groups is 1. The molecule has 1 saturated heterocycles. The van der Waals surface area contributed by atoms with Crippen molar-refractivity contribution in [3.05, 3.63) is 65.5 Å². The minimum absolute atomic E-state index is 0.0951. The summed E-state index contributed by atoms with van der Waals surface area (Å²) in [6, 6.07) is 10.0. The number of halogens is 2. The van der Waals surface area contributed by atoms with Crippen LogP contribution >= 0.6 is 0 Å². The molecule has 2 N–H and O–H groups in total. The fourth-order valence-electron chi connectivity index (χ4n) is 3.46. The number of aryl methyl sites for hydroxylation is 1.